The Labute approximate surface area is 247 Å². The summed E-state index contributed by atoms with van der Waals surface area (Å²) in [4.78, 5) is 12.7. The molecule has 6 rings (SSSR count). The fraction of sp³-hybridized carbons (Fsp3) is 0.184. The summed E-state index contributed by atoms with van der Waals surface area (Å²) in [6, 6.07) is 49.0. The average Bonchev–Trinajstić information content (AvgIpc) is 3.06. The van der Waals surface area contributed by atoms with Crippen molar-refractivity contribution in [3.63, 3.8) is 0 Å². The molecule has 210 valence electrons. The van der Waals surface area contributed by atoms with Gasteiger partial charge in [-0.1, -0.05) is 133 Å². The van der Waals surface area contributed by atoms with Gasteiger partial charge in [0.15, 0.2) is 0 Å². The number of carbonyl (C=O) groups excluding carboxylic acids is 1. The van der Waals surface area contributed by atoms with Crippen LogP contribution in [0, 0.1) is 5.92 Å². The number of ether oxygens (including phenoxy) is 3. The van der Waals surface area contributed by atoms with E-state index in [0.29, 0.717) is 6.61 Å². The van der Waals surface area contributed by atoms with Crippen LogP contribution in [0.3, 0.4) is 0 Å². The molecule has 0 N–H and O–H groups in total. The first-order chi connectivity index (χ1) is 20.7. The summed E-state index contributed by atoms with van der Waals surface area (Å²) in [6.45, 7) is 0.776. The van der Waals surface area contributed by atoms with Gasteiger partial charge in [0.1, 0.15) is 30.0 Å². The van der Waals surface area contributed by atoms with Gasteiger partial charge in [0, 0.05) is 0 Å². The van der Waals surface area contributed by atoms with Gasteiger partial charge in [0.2, 0.25) is 0 Å². The second-order valence-electron chi connectivity index (χ2n) is 10.6. The van der Waals surface area contributed by atoms with Crippen molar-refractivity contribution >= 4 is 5.97 Å². The lowest BCUT2D eigenvalue weighted by atomic mass is 9.79. The molecule has 4 nitrogen and oxygen atoms in total. The third-order valence-corrected chi connectivity index (χ3v) is 7.90. The Morgan fingerprint density at radius 2 is 1.14 bits per heavy atom. The number of esters is 1. The summed E-state index contributed by atoms with van der Waals surface area (Å²) in [5.74, 6) is 0.293. The van der Waals surface area contributed by atoms with Crippen molar-refractivity contribution in [1.29, 1.82) is 0 Å². The minimum Gasteiger partial charge on any atom is -0.489 e. The molecule has 1 aliphatic rings. The largest absolute Gasteiger partial charge is 0.489 e. The van der Waals surface area contributed by atoms with Crippen LogP contribution >= 0.6 is 0 Å². The van der Waals surface area contributed by atoms with Gasteiger partial charge < -0.3 is 14.2 Å². The number of benzene rings is 5. The predicted molar refractivity (Wildman–Crippen MR) is 164 cm³/mol. The van der Waals surface area contributed by atoms with Gasteiger partial charge in [0.05, 0.1) is 6.61 Å². The van der Waals surface area contributed by atoms with Gasteiger partial charge in [-0.2, -0.15) is 0 Å². The maximum atomic E-state index is 12.7. The van der Waals surface area contributed by atoms with E-state index in [4.69, 9.17) is 14.2 Å². The molecule has 5 aromatic rings. The van der Waals surface area contributed by atoms with Gasteiger partial charge in [-0.05, 0) is 52.8 Å². The molecule has 1 aliphatic heterocycles. The molecule has 0 aromatic heterocycles. The van der Waals surface area contributed by atoms with Crippen LogP contribution in [0.15, 0.2) is 146 Å². The van der Waals surface area contributed by atoms with Crippen LogP contribution in [-0.4, -0.2) is 18.7 Å². The highest BCUT2D eigenvalue weighted by Gasteiger charge is 2.45. The van der Waals surface area contributed by atoms with Crippen molar-refractivity contribution in [2.45, 2.75) is 31.2 Å². The van der Waals surface area contributed by atoms with E-state index in [-0.39, 0.29) is 24.6 Å². The minimum atomic E-state index is -0.866. The predicted octanol–water partition coefficient (Wildman–Crippen LogP) is 7.75. The number of carbonyl (C=O) groups is 1. The van der Waals surface area contributed by atoms with E-state index >= 15 is 0 Å². The Morgan fingerprint density at radius 1 is 0.619 bits per heavy atom. The standard InChI is InChI=1S/C38H34O4/c39-37-35(36(42-37)25-24-29-16-13-23-34(26-29)40-27-30-14-5-1-6-15-30)28-41-38(31-17-7-2-8-18-31,32-19-9-3-10-20-32)33-21-11-4-12-22-33/h1-23,26,35-36H,24-25,27-28H2/t35-,36-/m1/s1. The molecule has 0 radical (unpaired) electrons. The molecule has 0 aliphatic carbocycles. The molecule has 4 heteroatoms. The molecular weight excluding hydrogens is 520 g/mol. The van der Waals surface area contributed by atoms with E-state index in [1.165, 1.54) is 0 Å². The highest BCUT2D eigenvalue weighted by atomic mass is 16.6. The van der Waals surface area contributed by atoms with Crippen LogP contribution in [0.4, 0.5) is 0 Å². The normalized spacial score (nSPS) is 16.3. The Balaban J connectivity index is 1.17. The van der Waals surface area contributed by atoms with Crippen LogP contribution in [0.5, 0.6) is 5.75 Å². The zero-order valence-electron chi connectivity index (χ0n) is 23.5. The SMILES string of the molecule is O=C1O[C@H](CCc2cccc(OCc3ccccc3)c2)[C@H]1COC(c1ccccc1)(c1ccccc1)c1ccccc1. The van der Waals surface area contributed by atoms with E-state index in [2.05, 4.69) is 60.7 Å². The number of rotatable bonds is 12. The Morgan fingerprint density at radius 3 is 1.69 bits per heavy atom. The summed E-state index contributed by atoms with van der Waals surface area (Å²) in [5, 5.41) is 0. The molecule has 0 amide bonds. The first kappa shape index (κ1) is 27.5. The third kappa shape index (κ3) is 6.00. The Hall–Kier alpha value is -4.67. The van der Waals surface area contributed by atoms with Gasteiger partial charge in [-0.15, -0.1) is 0 Å². The fourth-order valence-corrected chi connectivity index (χ4v) is 5.66. The minimum absolute atomic E-state index is 0.202. The number of aryl methyl sites for hydroxylation is 1. The second kappa shape index (κ2) is 12.9. The van der Waals surface area contributed by atoms with Crippen LogP contribution < -0.4 is 4.74 Å². The maximum Gasteiger partial charge on any atom is 0.315 e. The molecule has 0 bridgehead atoms. The van der Waals surface area contributed by atoms with Gasteiger partial charge in [-0.3, -0.25) is 4.79 Å². The quantitative estimate of drug-likeness (QED) is 0.117. The van der Waals surface area contributed by atoms with Crippen molar-refractivity contribution < 1.29 is 19.0 Å². The maximum absolute atomic E-state index is 12.7. The highest BCUT2D eigenvalue weighted by Crippen LogP contribution is 2.42. The third-order valence-electron chi connectivity index (χ3n) is 7.90. The average molecular weight is 555 g/mol. The van der Waals surface area contributed by atoms with E-state index < -0.39 is 5.60 Å². The molecular formula is C38H34O4. The molecule has 5 aromatic carbocycles. The lowest BCUT2D eigenvalue weighted by molar-refractivity contribution is -0.194. The van der Waals surface area contributed by atoms with Crippen molar-refractivity contribution in [2.24, 2.45) is 5.92 Å². The number of cyclic esters (lactones) is 1. The van der Waals surface area contributed by atoms with E-state index in [0.717, 1.165) is 46.4 Å². The van der Waals surface area contributed by atoms with Crippen LogP contribution in [0.1, 0.15) is 34.2 Å². The topological polar surface area (TPSA) is 44.8 Å². The van der Waals surface area contributed by atoms with Crippen LogP contribution in [0.2, 0.25) is 0 Å². The highest BCUT2D eigenvalue weighted by molar-refractivity contribution is 5.78. The fourth-order valence-electron chi connectivity index (χ4n) is 5.66. The lowest BCUT2D eigenvalue weighted by Crippen LogP contribution is -2.49. The first-order valence-corrected chi connectivity index (χ1v) is 14.5. The lowest BCUT2D eigenvalue weighted by Gasteiger charge is -2.40. The van der Waals surface area contributed by atoms with Gasteiger partial charge >= 0.3 is 5.97 Å². The summed E-state index contributed by atoms with van der Waals surface area (Å²) in [7, 11) is 0. The number of hydrogen-bond acceptors (Lipinski definition) is 4. The van der Waals surface area contributed by atoms with Gasteiger partial charge in [-0.25, -0.2) is 0 Å². The van der Waals surface area contributed by atoms with Crippen molar-refractivity contribution in [2.75, 3.05) is 6.61 Å². The molecule has 0 spiro atoms. The monoisotopic (exact) mass is 554 g/mol. The molecule has 42 heavy (non-hydrogen) atoms. The number of hydrogen-bond donors (Lipinski definition) is 0. The molecule has 0 unspecified atom stereocenters. The summed E-state index contributed by atoms with van der Waals surface area (Å²) >= 11 is 0. The van der Waals surface area contributed by atoms with Crippen LogP contribution in [0.25, 0.3) is 0 Å². The van der Waals surface area contributed by atoms with E-state index in [1.807, 2.05) is 84.9 Å². The van der Waals surface area contributed by atoms with E-state index in [9.17, 15) is 4.79 Å². The first-order valence-electron chi connectivity index (χ1n) is 14.5. The molecule has 0 saturated carbocycles. The second-order valence-corrected chi connectivity index (χ2v) is 10.6. The molecule has 2 atom stereocenters. The van der Waals surface area contributed by atoms with Crippen LogP contribution in [-0.2, 0) is 32.9 Å². The molecule has 1 heterocycles. The van der Waals surface area contributed by atoms with Crippen molar-refractivity contribution in [3.05, 3.63) is 173 Å². The smallest absolute Gasteiger partial charge is 0.315 e. The van der Waals surface area contributed by atoms with Crippen molar-refractivity contribution in [1.82, 2.24) is 0 Å². The zero-order valence-corrected chi connectivity index (χ0v) is 23.5. The van der Waals surface area contributed by atoms with E-state index in [1.54, 1.807) is 0 Å². The Kier molecular flexibility index (Phi) is 8.43. The zero-order chi connectivity index (χ0) is 28.6. The summed E-state index contributed by atoms with van der Waals surface area (Å²) in [5.41, 5.74) is 4.45. The van der Waals surface area contributed by atoms with Gasteiger partial charge in [0.25, 0.3) is 0 Å². The summed E-state index contributed by atoms with van der Waals surface area (Å²) in [6.07, 6.45) is 1.29. The summed E-state index contributed by atoms with van der Waals surface area (Å²) < 4.78 is 18.6. The molecule has 1 fully saturated rings. The van der Waals surface area contributed by atoms with Crippen molar-refractivity contribution in [3.8, 4) is 5.75 Å². The Bertz CT molecular complexity index is 1470. The molecule has 1 saturated heterocycles.